The van der Waals surface area contributed by atoms with Crippen LogP contribution in [-0.2, 0) is 55.8 Å². The Morgan fingerprint density at radius 1 is 0.447 bits per heavy atom. The molecule has 3 N–H and O–H groups in total. The normalized spacial score (nSPS) is 19.9. The number of hydrogen-bond acceptors (Lipinski definition) is 9. The van der Waals surface area contributed by atoms with Gasteiger partial charge in [0.05, 0.1) is 19.8 Å². The Morgan fingerprint density at radius 2 is 0.763 bits per heavy atom. The fraction of sp³-hybridized carbons (Fsp3) is 0.484. The summed E-state index contributed by atoms with van der Waals surface area (Å²) in [6.07, 6.45) is 14.7. The molecule has 7 rings (SSSR count). The van der Waals surface area contributed by atoms with E-state index in [4.69, 9.17) is 28.4 Å². The molecule has 3 heterocycles. The van der Waals surface area contributed by atoms with E-state index < -0.39 is 6.29 Å². The lowest BCUT2D eigenvalue weighted by Gasteiger charge is -2.31. The quantitative estimate of drug-likeness (QED) is 0.0619. The second-order valence-electron chi connectivity index (χ2n) is 20.8. The van der Waals surface area contributed by atoms with E-state index in [-0.39, 0.29) is 48.1 Å². The Bertz CT molecular complexity index is 2300. The van der Waals surface area contributed by atoms with Gasteiger partial charge in [-0.2, -0.15) is 0 Å². The standard InChI is InChI=1S/C24H29NO3.2C20H29NO3/c1-4-18-10-12-19(13-11-18)16-27-23-15-20(17(2)3)14-22(28-23)24(26)25-21-8-6-5-7-9-21;2*1-4-5-9-12-23-19-14-16(15(2)3)13-18(24-19)20(22)21-17-10-7-6-8-11-17/h5-14,17,20,23H,4,15-16H2,1-3H3,(H,25,26);2*6-8,10-11,13,15-16,19H,4-5,9,12,14H2,1-3H3,(H,21,22)/t20-,23+;2*16-,19+/m110/s1. The molecule has 3 amide bonds. The van der Waals surface area contributed by atoms with Crippen molar-refractivity contribution in [2.75, 3.05) is 29.2 Å². The molecule has 0 unspecified atom stereocenters. The minimum Gasteiger partial charge on any atom is -0.459 e. The molecule has 0 radical (unpaired) electrons. The van der Waals surface area contributed by atoms with Gasteiger partial charge in [-0.05, 0) is 121 Å². The molecule has 0 aliphatic carbocycles. The number of benzene rings is 4. The Kier molecular flexibility index (Phi) is 26.4. The van der Waals surface area contributed by atoms with E-state index in [1.807, 2.05) is 109 Å². The maximum atomic E-state index is 12.7. The first-order valence-corrected chi connectivity index (χ1v) is 27.9. The van der Waals surface area contributed by atoms with Crippen LogP contribution < -0.4 is 16.0 Å². The van der Waals surface area contributed by atoms with Crippen molar-refractivity contribution < 1.29 is 42.8 Å². The molecule has 12 heteroatoms. The summed E-state index contributed by atoms with van der Waals surface area (Å²) in [6.45, 7) is 21.2. The zero-order chi connectivity index (χ0) is 54.7. The molecule has 6 atom stereocenters. The highest BCUT2D eigenvalue weighted by atomic mass is 16.7. The summed E-state index contributed by atoms with van der Waals surface area (Å²) in [4.78, 5) is 37.7. The third-order valence-electron chi connectivity index (χ3n) is 13.6. The number of unbranched alkanes of at least 4 members (excludes halogenated alkanes) is 4. The molecular formula is C64H87N3O9. The highest BCUT2D eigenvalue weighted by molar-refractivity contribution is 6.03. The van der Waals surface area contributed by atoms with Crippen LogP contribution in [-0.4, -0.2) is 49.8 Å². The monoisotopic (exact) mass is 1040 g/mol. The summed E-state index contributed by atoms with van der Waals surface area (Å²) in [5.41, 5.74) is 4.68. The number of carbonyl (C=O) groups excluding carboxylic acids is 3. The topological polar surface area (TPSA) is 143 Å². The van der Waals surface area contributed by atoms with Crippen LogP contribution in [0.4, 0.5) is 17.1 Å². The summed E-state index contributed by atoms with van der Waals surface area (Å²) >= 11 is 0. The van der Waals surface area contributed by atoms with Gasteiger partial charge in [0.25, 0.3) is 17.7 Å². The van der Waals surface area contributed by atoms with Crippen molar-refractivity contribution in [1.82, 2.24) is 0 Å². The summed E-state index contributed by atoms with van der Waals surface area (Å²) in [5.74, 6) is 2.48. The van der Waals surface area contributed by atoms with Crippen molar-refractivity contribution in [3.8, 4) is 0 Å². The number of aryl methyl sites for hydroxylation is 1. The van der Waals surface area contributed by atoms with Crippen molar-refractivity contribution in [2.45, 2.75) is 152 Å². The average molecular weight is 1040 g/mol. The Labute approximate surface area is 454 Å². The molecule has 12 nitrogen and oxygen atoms in total. The number of anilines is 3. The lowest BCUT2D eigenvalue weighted by molar-refractivity contribution is -0.152. The van der Waals surface area contributed by atoms with Crippen LogP contribution in [0.25, 0.3) is 0 Å². The number of allylic oxidation sites excluding steroid dienone is 3. The number of nitrogens with one attached hydrogen (secondary N) is 3. The maximum absolute atomic E-state index is 12.7. The van der Waals surface area contributed by atoms with Crippen molar-refractivity contribution in [3.05, 3.63) is 162 Å². The first kappa shape index (κ1) is 60.7. The first-order chi connectivity index (χ1) is 36.7. The van der Waals surface area contributed by atoms with Crippen LogP contribution in [0.5, 0.6) is 0 Å². The van der Waals surface area contributed by atoms with Crippen LogP contribution in [0.15, 0.2) is 151 Å². The van der Waals surface area contributed by atoms with Crippen LogP contribution in [0, 0.1) is 35.5 Å². The number of carbonyl (C=O) groups is 3. The van der Waals surface area contributed by atoms with Crippen molar-refractivity contribution in [1.29, 1.82) is 0 Å². The van der Waals surface area contributed by atoms with E-state index in [1.54, 1.807) is 0 Å². The zero-order valence-electron chi connectivity index (χ0n) is 46.8. The Morgan fingerprint density at radius 3 is 1.07 bits per heavy atom. The highest BCUT2D eigenvalue weighted by Crippen LogP contribution is 2.32. The van der Waals surface area contributed by atoms with Crippen molar-refractivity contribution >= 4 is 34.8 Å². The lowest BCUT2D eigenvalue weighted by atomic mass is 9.90. The smallest absolute Gasteiger partial charge is 0.290 e. The minimum absolute atomic E-state index is 0.214. The van der Waals surface area contributed by atoms with Gasteiger partial charge in [-0.15, -0.1) is 0 Å². The number of hydrogen-bond donors (Lipinski definition) is 3. The summed E-state index contributed by atoms with van der Waals surface area (Å²) in [6, 6.07) is 36.7. The fourth-order valence-electron chi connectivity index (χ4n) is 8.57. The Balaban J connectivity index is 0.000000212. The third-order valence-corrected chi connectivity index (χ3v) is 13.6. The van der Waals surface area contributed by atoms with E-state index in [2.05, 4.69) is 103 Å². The summed E-state index contributed by atoms with van der Waals surface area (Å²) in [7, 11) is 0. The molecular weight excluding hydrogens is 955 g/mol. The maximum Gasteiger partial charge on any atom is 0.290 e. The molecule has 4 aromatic carbocycles. The van der Waals surface area contributed by atoms with Gasteiger partial charge >= 0.3 is 0 Å². The van der Waals surface area contributed by atoms with Crippen LogP contribution in [0.3, 0.4) is 0 Å². The fourth-order valence-corrected chi connectivity index (χ4v) is 8.57. The van der Waals surface area contributed by atoms with Gasteiger partial charge in [-0.1, -0.05) is 167 Å². The molecule has 0 fully saturated rings. The lowest BCUT2D eigenvalue weighted by Crippen LogP contribution is -2.31. The average Bonchev–Trinajstić information content (AvgIpc) is 3.44. The van der Waals surface area contributed by atoms with Gasteiger partial charge in [0.1, 0.15) is 0 Å². The van der Waals surface area contributed by atoms with Crippen LogP contribution >= 0.6 is 0 Å². The number of para-hydroxylation sites is 3. The molecule has 3 aliphatic heterocycles. The number of rotatable bonds is 23. The predicted molar refractivity (Wildman–Crippen MR) is 304 cm³/mol. The molecule has 0 bridgehead atoms. The zero-order valence-corrected chi connectivity index (χ0v) is 46.8. The van der Waals surface area contributed by atoms with E-state index in [0.717, 1.165) is 86.8 Å². The highest BCUT2D eigenvalue weighted by Gasteiger charge is 2.32. The van der Waals surface area contributed by atoms with Gasteiger partial charge in [-0.3, -0.25) is 14.4 Å². The first-order valence-electron chi connectivity index (χ1n) is 27.9. The molecule has 0 saturated heterocycles. The number of amides is 3. The SMILES string of the molecule is CCCCCO[C@@H]1C[C@H](C(C)C)C=C(C(=O)Nc2ccccc2)O1.CCCCCO[C@H]1C[C@@H](C(C)C)C=C(C(=O)Nc2ccccc2)O1.CCc1ccc(CO[C@@H]2C[C@H](C(C)C)C=C(C(=O)Nc3ccccc3)O2)cc1. The van der Waals surface area contributed by atoms with Gasteiger partial charge in [0, 0.05) is 36.3 Å². The molecule has 0 spiro atoms. The van der Waals surface area contributed by atoms with Gasteiger partial charge in [0.2, 0.25) is 18.9 Å². The van der Waals surface area contributed by atoms with Crippen molar-refractivity contribution in [2.24, 2.45) is 35.5 Å². The molecule has 412 valence electrons. The third kappa shape index (κ3) is 21.4. The predicted octanol–water partition coefficient (Wildman–Crippen LogP) is 14.8. The Hall–Kier alpha value is -6.21. The van der Waals surface area contributed by atoms with E-state index in [0.29, 0.717) is 54.9 Å². The molecule has 4 aromatic rings. The summed E-state index contributed by atoms with van der Waals surface area (Å²) in [5, 5.41) is 8.65. The molecule has 0 saturated carbocycles. The van der Waals surface area contributed by atoms with Gasteiger partial charge < -0.3 is 44.4 Å². The number of ether oxygens (including phenoxy) is 6. The van der Waals surface area contributed by atoms with Crippen LogP contribution in [0.1, 0.15) is 131 Å². The van der Waals surface area contributed by atoms with E-state index in [1.165, 1.54) is 5.56 Å². The van der Waals surface area contributed by atoms with Crippen LogP contribution in [0.2, 0.25) is 0 Å². The van der Waals surface area contributed by atoms with Gasteiger partial charge in [0.15, 0.2) is 17.3 Å². The second-order valence-corrected chi connectivity index (χ2v) is 20.8. The summed E-state index contributed by atoms with van der Waals surface area (Å²) < 4.78 is 35.2. The van der Waals surface area contributed by atoms with E-state index in [9.17, 15) is 14.4 Å². The van der Waals surface area contributed by atoms with Crippen molar-refractivity contribution in [3.63, 3.8) is 0 Å². The molecule has 76 heavy (non-hydrogen) atoms. The minimum atomic E-state index is -0.431. The molecule has 3 aliphatic rings. The van der Waals surface area contributed by atoms with E-state index >= 15 is 0 Å². The molecule has 0 aromatic heterocycles. The second kappa shape index (κ2) is 33.1. The van der Waals surface area contributed by atoms with Gasteiger partial charge in [-0.25, -0.2) is 0 Å². The largest absolute Gasteiger partial charge is 0.459 e.